The van der Waals surface area contributed by atoms with Crippen molar-refractivity contribution in [3.05, 3.63) is 136 Å². The molecule has 0 atom stereocenters. The fourth-order valence-corrected chi connectivity index (χ4v) is 7.68. The Bertz CT molecular complexity index is 2070. The lowest BCUT2D eigenvalue weighted by molar-refractivity contribution is 0.0902. The van der Waals surface area contributed by atoms with Crippen LogP contribution in [0.25, 0.3) is 22.6 Å². The summed E-state index contributed by atoms with van der Waals surface area (Å²) in [6.07, 6.45) is 3.92. The van der Waals surface area contributed by atoms with Gasteiger partial charge in [-0.2, -0.15) is 10.5 Å². The zero-order valence-corrected chi connectivity index (χ0v) is 28.7. The van der Waals surface area contributed by atoms with Gasteiger partial charge in [0.15, 0.2) is 0 Å². The molecule has 0 spiro atoms. The number of hydrogen-bond acceptors (Lipinski definition) is 5. The van der Waals surface area contributed by atoms with E-state index in [1.165, 1.54) is 11.7 Å². The lowest BCUT2D eigenvalue weighted by atomic mass is 9.87. The number of rotatable bonds is 12. The van der Waals surface area contributed by atoms with Crippen molar-refractivity contribution in [1.29, 1.82) is 10.5 Å². The summed E-state index contributed by atoms with van der Waals surface area (Å²) < 4.78 is 21.0. The molecule has 0 radical (unpaired) electrons. The highest BCUT2D eigenvalue weighted by Gasteiger charge is 2.46. The van der Waals surface area contributed by atoms with E-state index in [1.54, 1.807) is 36.5 Å². The van der Waals surface area contributed by atoms with Crippen LogP contribution in [0.5, 0.6) is 5.75 Å². The Morgan fingerprint density at radius 2 is 1.60 bits per heavy atom. The highest BCUT2D eigenvalue weighted by atomic mass is 79.9. The average Bonchev–Trinajstić information content (AvgIpc) is 3.45. The minimum absolute atomic E-state index is 0.0221. The predicted octanol–water partition coefficient (Wildman–Crippen LogP) is 8.56. The van der Waals surface area contributed by atoms with Crippen LogP contribution in [0, 0.1) is 22.7 Å². The quantitative estimate of drug-likeness (QED) is 0.0973. The van der Waals surface area contributed by atoms with E-state index in [4.69, 9.17) is 4.74 Å². The molecule has 0 aliphatic carbocycles. The molecule has 0 bridgehead atoms. The van der Waals surface area contributed by atoms with E-state index < -0.39 is 12.8 Å². The Labute approximate surface area is 287 Å². The molecule has 10 heteroatoms. The van der Waals surface area contributed by atoms with Crippen molar-refractivity contribution >= 4 is 52.0 Å². The molecule has 0 fully saturated rings. The van der Waals surface area contributed by atoms with Crippen molar-refractivity contribution in [2.45, 2.75) is 37.3 Å². The SMILES string of the molecule is COc1ccc(C#N)cc1/C=C(\C#N)c1cn(C(=O)CCCC(Cc2ccccc2)(Cc2ccccc2)P(=O)(O)O)c2ccc(Br)cc12. The molecule has 0 aliphatic heterocycles. The second-order valence-electron chi connectivity index (χ2n) is 11.7. The number of carbonyl (C=O) groups excluding carboxylic acids is 1. The number of hydrogen-bond donors (Lipinski definition) is 2. The summed E-state index contributed by atoms with van der Waals surface area (Å²) in [5.74, 6) is 0.219. The maximum atomic E-state index is 13.9. The van der Waals surface area contributed by atoms with Crippen LogP contribution in [0.3, 0.4) is 0 Å². The van der Waals surface area contributed by atoms with Gasteiger partial charge in [-0.3, -0.25) is 13.9 Å². The molecule has 0 saturated carbocycles. The van der Waals surface area contributed by atoms with E-state index >= 15 is 0 Å². The highest BCUT2D eigenvalue weighted by Crippen LogP contribution is 2.56. The van der Waals surface area contributed by atoms with Crippen LogP contribution in [0.2, 0.25) is 0 Å². The van der Waals surface area contributed by atoms with E-state index in [0.29, 0.717) is 33.3 Å². The minimum atomic E-state index is -4.67. The first-order chi connectivity index (χ1) is 23.1. The van der Waals surface area contributed by atoms with Crippen LogP contribution < -0.4 is 4.74 Å². The van der Waals surface area contributed by atoms with Crippen molar-refractivity contribution in [2.24, 2.45) is 0 Å². The first-order valence-electron chi connectivity index (χ1n) is 15.2. The molecule has 8 nitrogen and oxygen atoms in total. The standard InChI is InChI=1S/C38H33BrN3O5P/c1-47-36-17-14-29(24-40)19-30(36)20-31(25-41)34-26-42(35-16-15-32(39)21-33(34)35)37(43)13-8-18-38(48(44,45)46,22-27-9-4-2-5-10-27)23-28-11-6-3-7-12-28/h2-7,9-12,14-17,19-21,26H,8,13,18,22-23H2,1H3,(H2,44,45,46)/b31-20+. The molecule has 0 saturated heterocycles. The van der Waals surface area contributed by atoms with Gasteiger partial charge in [0, 0.05) is 33.6 Å². The summed E-state index contributed by atoms with van der Waals surface area (Å²) in [7, 11) is -3.16. The fourth-order valence-electron chi connectivity index (χ4n) is 6.10. The highest BCUT2D eigenvalue weighted by molar-refractivity contribution is 9.10. The van der Waals surface area contributed by atoms with Crippen LogP contribution in [0.1, 0.15) is 51.9 Å². The van der Waals surface area contributed by atoms with Crippen LogP contribution in [0.4, 0.5) is 0 Å². The van der Waals surface area contributed by atoms with Gasteiger partial charge in [0.1, 0.15) is 5.75 Å². The number of fused-ring (bicyclic) bond motifs is 1. The number of carbonyl (C=O) groups is 1. The third kappa shape index (κ3) is 7.68. The molecule has 1 aromatic heterocycles. The lowest BCUT2D eigenvalue weighted by Gasteiger charge is -2.35. The zero-order valence-electron chi connectivity index (χ0n) is 26.2. The average molecular weight is 723 g/mol. The Morgan fingerprint density at radius 3 is 2.17 bits per heavy atom. The van der Waals surface area contributed by atoms with Gasteiger partial charge in [-0.05, 0) is 79.3 Å². The van der Waals surface area contributed by atoms with Crippen LogP contribution >= 0.6 is 23.5 Å². The third-order valence-electron chi connectivity index (χ3n) is 8.51. The molecule has 48 heavy (non-hydrogen) atoms. The summed E-state index contributed by atoms with van der Waals surface area (Å²) >= 11 is 3.50. The lowest BCUT2D eigenvalue weighted by Crippen LogP contribution is -2.35. The summed E-state index contributed by atoms with van der Waals surface area (Å²) in [5.41, 5.74) is 3.94. The summed E-state index contributed by atoms with van der Waals surface area (Å²) in [4.78, 5) is 35.5. The summed E-state index contributed by atoms with van der Waals surface area (Å²) in [6, 6.07) is 33.2. The smallest absolute Gasteiger partial charge is 0.332 e. The second-order valence-corrected chi connectivity index (χ2v) is 14.6. The number of aromatic nitrogens is 1. The predicted molar refractivity (Wildman–Crippen MR) is 190 cm³/mol. The van der Waals surface area contributed by atoms with Gasteiger partial charge in [-0.15, -0.1) is 0 Å². The maximum Gasteiger partial charge on any atom is 0.332 e. The van der Waals surface area contributed by atoms with E-state index in [2.05, 4.69) is 28.1 Å². The van der Waals surface area contributed by atoms with Gasteiger partial charge in [0.2, 0.25) is 5.91 Å². The third-order valence-corrected chi connectivity index (χ3v) is 10.8. The van der Waals surface area contributed by atoms with Crippen molar-refractivity contribution in [3.8, 4) is 17.9 Å². The minimum Gasteiger partial charge on any atom is -0.496 e. The van der Waals surface area contributed by atoms with Crippen LogP contribution in [-0.4, -0.2) is 32.5 Å². The van der Waals surface area contributed by atoms with E-state index in [1.807, 2.05) is 72.8 Å². The first-order valence-corrected chi connectivity index (χ1v) is 17.7. The molecule has 0 aliphatic rings. The van der Waals surface area contributed by atoms with E-state index in [0.717, 1.165) is 15.6 Å². The van der Waals surface area contributed by atoms with Crippen molar-refractivity contribution in [1.82, 2.24) is 4.57 Å². The zero-order chi connectivity index (χ0) is 34.3. The van der Waals surface area contributed by atoms with Crippen LogP contribution in [-0.2, 0) is 17.4 Å². The number of benzene rings is 4. The number of allylic oxidation sites excluding steroid dienone is 1. The monoisotopic (exact) mass is 721 g/mol. The van der Waals surface area contributed by atoms with Gasteiger partial charge in [-0.25, -0.2) is 0 Å². The molecule has 4 aromatic carbocycles. The van der Waals surface area contributed by atoms with Gasteiger partial charge in [0.25, 0.3) is 0 Å². The van der Waals surface area contributed by atoms with Gasteiger partial charge in [-0.1, -0.05) is 76.6 Å². The summed E-state index contributed by atoms with van der Waals surface area (Å²) in [6.45, 7) is 0. The normalized spacial score (nSPS) is 12.0. The van der Waals surface area contributed by atoms with Gasteiger partial charge in [0.05, 0.1) is 41.1 Å². The Balaban J connectivity index is 1.48. The Kier molecular flexibility index (Phi) is 10.8. The largest absolute Gasteiger partial charge is 0.496 e. The molecule has 0 unspecified atom stereocenters. The fraction of sp³-hybridized carbons (Fsp3) is 0.184. The molecular formula is C38H33BrN3O5P. The van der Waals surface area contributed by atoms with E-state index in [-0.39, 0.29) is 43.6 Å². The maximum absolute atomic E-state index is 13.9. The molecule has 5 rings (SSSR count). The van der Waals surface area contributed by atoms with Gasteiger partial charge >= 0.3 is 7.60 Å². The number of nitrogens with zero attached hydrogens (tertiary/aromatic N) is 3. The molecule has 5 aromatic rings. The number of methoxy groups -OCH3 is 1. The van der Waals surface area contributed by atoms with Crippen LogP contribution in [0.15, 0.2) is 108 Å². The van der Waals surface area contributed by atoms with E-state index in [9.17, 15) is 29.7 Å². The number of ether oxygens (including phenoxy) is 1. The molecule has 2 N–H and O–H groups in total. The molecule has 0 amide bonds. The second kappa shape index (κ2) is 15.0. The molecule has 1 heterocycles. The number of nitriles is 2. The van der Waals surface area contributed by atoms with Crippen molar-refractivity contribution in [2.75, 3.05) is 7.11 Å². The van der Waals surface area contributed by atoms with Gasteiger partial charge < -0.3 is 14.5 Å². The van der Waals surface area contributed by atoms with Crippen molar-refractivity contribution < 1.29 is 23.9 Å². The topological polar surface area (TPSA) is 136 Å². The Hall–Kier alpha value is -4.76. The Morgan fingerprint density at radius 1 is 0.958 bits per heavy atom. The first kappa shape index (κ1) is 34.6. The summed E-state index contributed by atoms with van der Waals surface area (Å²) in [5, 5.41) is 18.9. The number of halogens is 1. The molecule has 242 valence electrons. The van der Waals surface area contributed by atoms with Crippen molar-refractivity contribution in [3.63, 3.8) is 0 Å². The molecular weight excluding hydrogens is 689 g/mol.